The number of amides is 2. The Labute approximate surface area is 176 Å². The molecule has 154 valence electrons. The molecule has 1 aliphatic carbocycles. The first kappa shape index (κ1) is 20.0. The number of aromatic nitrogens is 2. The minimum atomic E-state index is -0.000274. The van der Waals surface area contributed by atoms with E-state index in [4.69, 9.17) is 0 Å². The van der Waals surface area contributed by atoms with Gasteiger partial charge >= 0.3 is 0 Å². The molecule has 6 heteroatoms. The second-order valence-electron chi connectivity index (χ2n) is 7.77. The van der Waals surface area contributed by atoms with Crippen LogP contribution in [-0.2, 0) is 16.0 Å². The molecule has 1 unspecified atom stereocenters. The van der Waals surface area contributed by atoms with E-state index in [0.29, 0.717) is 31.1 Å². The van der Waals surface area contributed by atoms with Crippen LogP contribution in [0.5, 0.6) is 0 Å². The van der Waals surface area contributed by atoms with E-state index in [-0.39, 0.29) is 11.8 Å². The van der Waals surface area contributed by atoms with Crippen molar-refractivity contribution < 1.29 is 9.59 Å². The predicted molar refractivity (Wildman–Crippen MR) is 117 cm³/mol. The fourth-order valence-corrected chi connectivity index (χ4v) is 4.03. The van der Waals surface area contributed by atoms with Crippen LogP contribution in [0.15, 0.2) is 48.9 Å². The molecule has 2 aromatic rings. The first-order valence-electron chi connectivity index (χ1n) is 10.5. The van der Waals surface area contributed by atoms with E-state index in [2.05, 4.69) is 27.4 Å². The number of anilines is 1. The lowest BCUT2D eigenvalue weighted by molar-refractivity contribution is -0.126. The summed E-state index contributed by atoms with van der Waals surface area (Å²) in [4.78, 5) is 34.6. The van der Waals surface area contributed by atoms with Crippen LogP contribution in [0, 0.1) is 5.92 Å². The molecule has 3 heterocycles. The van der Waals surface area contributed by atoms with Gasteiger partial charge in [-0.05, 0) is 72.6 Å². The van der Waals surface area contributed by atoms with Crippen LogP contribution < -0.4 is 5.32 Å². The number of allylic oxidation sites excluding steroid dienone is 1. The summed E-state index contributed by atoms with van der Waals surface area (Å²) in [5.41, 5.74) is 4.37. The number of nitrogens with zero attached hydrogens (tertiary/aromatic N) is 3. The summed E-state index contributed by atoms with van der Waals surface area (Å²) in [7, 11) is 0. The maximum Gasteiger partial charge on any atom is 0.246 e. The van der Waals surface area contributed by atoms with Crippen molar-refractivity contribution in [2.45, 2.75) is 32.6 Å². The van der Waals surface area contributed by atoms with E-state index >= 15 is 0 Å². The largest absolute Gasteiger partial charge is 0.339 e. The van der Waals surface area contributed by atoms with Crippen LogP contribution >= 0.6 is 0 Å². The summed E-state index contributed by atoms with van der Waals surface area (Å²) >= 11 is 0. The highest BCUT2D eigenvalue weighted by atomic mass is 16.2. The summed E-state index contributed by atoms with van der Waals surface area (Å²) in [6.45, 7) is 3.40. The van der Waals surface area contributed by atoms with Crippen molar-refractivity contribution in [3.63, 3.8) is 0 Å². The van der Waals surface area contributed by atoms with Crippen molar-refractivity contribution in [3.05, 3.63) is 65.6 Å². The quantitative estimate of drug-likeness (QED) is 0.748. The van der Waals surface area contributed by atoms with E-state index in [0.717, 1.165) is 30.5 Å². The number of hydrogen-bond donors (Lipinski definition) is 1. The molecule has 0 spiro atoms. The van der Waals surface area contributed by atoms with Gasteiger partial charge < -0.3 is 10.2 Å². The summed E-state index contributed by atoms with van der Waals surface area (Å²) in [6, 6.07) is 6.03. The maximum atomic E-state index is 12.7. The zero-order chi connectivity index (χ0) is 20.9. The molecule has 0 saturated heterocycles. The second kappa shape index (κ2) is 9.03. The zero-order valence-electron chi connectivity index (χ0n) is 17.2. The number of hydrogen-bond acceptors (Lipinski definition) is 4. The van der Waals surface area contributed by atoms with Crippen LogP contribution in [0.1, 0.15) is 42.9 Å². The van der Waals surface area contributed by atoms with Crippen LogP contribution in [0.2, 0.25) is 0 Å². The molecule has 1 N–H and O–H groups in total. The van der Waals surface area contributed by atoms with Gasteiger partial charge in [-0.2, -0.15) is 0 Å². The Bertz CT molecular complexity index is 998. The van der Waals surface area contributed by atoms with Crippen molar-refractivity contribution in [2.75, 3.05) is 18.4 Å². The molecule has 2 amide bonds. The van der Waals surface area contributed by atoms with Crippen LogP contribution in [0.25, 0.3) is 11.6 Å². The lowest BCUT2D eigenvalue weighted by Gasteiger charge is -2.22. The SMILES string of the molecule is CCN(CC1C=C(c2cccnc2)CC1)C(=O)/C=C/c1cnc2c(c1)CCC(=O)N2. The van der Waals surface area contributed by atoms with Gasteiger partial charge in [0, 0.05) is 44.2 Å². The Hall–Kier alpha value is -3.28. The van der Waals surface area contributed by atoms with E-state index in [1.807, 2.05) is 30.2 Å². The molecule has 6 nitrogen and oxygen atoms in total. The number of rotatable bonds is 6. The van der Waals surface area contributed by atoms with Crippen molar-refractivity contribution >= 4 is 29.3 Å². The van der Waals surface area contributed by atoms with Gasteiger partial charge in [-0.3, -0.25) is 14.6 Å². The Morgan fingerprint density at radius 3 is 3.00 bits per heavy atom. The highest BCUT2D eigenvalue weighted by Gasteiger charge is 2.21. The fraction of sp³-hybridized carbons (Fsp3) is 0.333. The Balaban J connectivity index is 1.39. The van der Waals surface area contributed by atoms with Gasteiger partial charge in [0.05, 0.1) is 0 Å². The maximum absolute atomic E-state index is 12.7. The van der Waals surface area contributed by atoms with Gasteiger partial charge in [0.15, 0.2) is 0 Å². The number of likely N-dealkylation sites (N-methyl/N-ethyl adjacent to an activating group) is 1. The normalized spacial score (nSPS) is 18.1. The average molecular weight is 402 g/mol. The lowest BCUT2D eigenvalue weighted by atomic mass is 10.0. The van der Waals surface area contributed by atoms with Gasteiger partial charge in [-0.15, -0.1) is 0 Å². The molecule has 1 atom stereocenters. The van der Waals surface area contributed by atoms with E-state index < -0.39 is 0 Å². The van der Waals surface area contributed by atoms with E-state index in [1.165, 1.54) is 11.1 Å². The molecule has 0 radical (unpaired) electrons. The lowest BCUT2D eigenvalue weighted by Crippen LogP contribution is -2.33. The number of nitrogens with one attached hydrogen (secondary N) is 1. The Kier molecular flexibility index (Phi) is 6.02. The standard InChI is InChI=1S/C24H26N4O2/c1-2-28(16-18-5-7-19(13-18)21-4-3-11-25-15-21)23(30)10-6-17-12-20-8-9-22(29)27-24(20)26-14-17/h3-4,6,10-15,18H,2,5,7-9,16H2,1H3,(H,26,27,29)/b10-6+. The second-order valence-corrected chi connectivity index (χ2v) is 7.77. The van der Waals surface area contributed by atoms with Gasteiger partial charge in [-0.25, -0.2) is 4.98 Å². The molecular weight excluding hydrogens is 376 g/mol. The Morgan fingerprint density at radius 2 is 2.20 bits per heavy atom. The summed E-state index contributed by atoms with van der Waals surface area (Å²) in [5, 5.41) is 2.78. The fourth-order valence-electron chi connectivity index (χ4n) is 4.03. The minimum absolute atomic E-state index is 0.000274. The predicted octanol–water partition coefficient (Wildman–Crippen LogP) is 3.72. The van der Waals surface area contributed by atoms with Gasteiger partial charge in [0.1, 0.15) is 5.82 Å². The molecule has 2 aromatic heterocycles. The van der Waals surface area contributed by atoms with Crippen molar-refractivity contribution in [2.24, 2.45) is 5.92 Å². The van der Waals surface area contributed by atoms with Gasteiger partial charge in [-0.1, -0.05) is 12.1 Å². The molecule has 0 saturated carbocycles. The Morgan fingerprint density at radius 1 is 1.30 bits per heavy atom. The van der Waals surface area contributed by atoms with Crippen LogP contribution in [0.4, 0.5) is 5.82 Å². The van der Waals surface area contributed by atoms with Crippen molar-refractivity contribution in [1.82, 2.24) is 14.9 Å². The van der Waals surface area contributed by atoms with Gasteiger partial charge in [0.25, 0.3) is 0 Å². The summed E-state index contributed by atoms with van der Waals surface area (Å²) in [5.74, 6) is 1.00. The van der Waals surface area contributed by atoms with E-state index in [9.17, 15) is 9.59 Å². The van der Waals surface area contributed by atoms with Crippen molar-refractivity contribution in [1.29, 1.82) is 0 Å². The summed E-state index contributed by atoms with van der Waals surface area (Å²) < 4.78 is 0. The minimum Gasteiger partial charge on any atom is -0.339 e. The molecule has 4 rings (SSSR count). The van der Waals surface area contributed by atoms with Gasteiger partial charge in [0.2, 0.25) is 11.8 Å². The highest BCUT2D eigenvalue weighted by Crippen LogP contribution is 2.31. The highest BCUT2D eigenvalue weighted by molar-refractivity contribution is 5.93. The van der Waals surface area contributed by atoms with Crippen molar-refractivity contribution in [3.8, 4) is 0 Å². The molecule has 0 bridgehead atoms. The topological polar surface area (TPSA) is 75.2 Å². The number of fused-ring (bicyclic) bond motifs is 1. The smallest absolute Gasteiger partial charge is 0.246 e. The van der Waals surface area contributed by atoms with E-state index in [1.54, 1.807) is 24.5 Å². The molecule has 1 aliphatic heterocycles. The molecule has 0 fully saturated rings. The number of carbonyl (C=O) groups is 2. The molecule has 0 aromatic carbocycles. The van der Waals surface area contributed by atoms with Crippen LogP contribution in [-0.4, -0.2) is 39.8 Å². The third-order valence-electron chi connectivity index (χ3n) is 5.69. The molecular formula is C24H26N4O2. The third-order valence-corrected chi connectivity index (χ3v) is 5.69. The number of carbonyl (C=O) groups excluding carboxylic acids is 2. The first-order chi connectivity index (χ1) is 14.6. The zero-order valence-corrected chi connectivity index (χ0v) is 17.2. The molecule has 2 aliphatic rings. The number of pyridine rings is 2. The monoisotopic (exact) mass is 402 g/mol. The summed E-state index contributed by atoms with van der Waals surface area (Å²) in [6.07, 6.45) is 14.3. The third kappa shape index (κ3) is 4.64. The van der Waals surface area contributed by atoms with Crippen LogP contribution in [0.3, 0.4) is 0 Å². The number of aryl methyl sites for hydroxylation is 1. The first-order valence-corrected chi connectivity index (χ1v) is 10.5. The molecule has 30 heavy (non-hydrogen) atoms. The average Bonchev–Trinajstić information content (AvgIpc) is 3.25.